The molecule has 2 rings (SSSR count). The predicted molar refractivity (Wildman–Crippen MR) is 76.0 cm³/mol. The Morgan fingerprint density at radius 1 is 1.00 bits per heavy atom. The Bertz CT molecular complexity index is 526. The third-order valence-corrected chi connectivity index (χ3v) is 2.89. The van der Waals surface area contributed by atoms with Crippen LogP contribution < -0.4 is 5.32 Å². The Morgan fingerprint density at radius 2 is 1.65 bits per heavy atom. The fourth-order valence-corrected chi connectivity index (χ4v) is 1.90. The lowest BCUT2D eigenvalue weighted by molar-refractivity contribution is 0.451. The molecule has 2 heterocycles. The van der Waals surface area contributed by atoms with Gasteiger partial charge in [-0.3, -0.25) is 0 Å². The molecule has 7 nitrogen and oxygen atoms in total. The van der Waals surface area contributed by atoms with E-state index in [-0.39, 0.29) is 0 Å². The van der Waals surface area contributed by atoms with Crippen LogP contribution in [0.1, 0.15) is 39.3 Å². The van der Waals surface area contributed by atoms with E-state index in [4.69, 9.17) is 0 Å². The number of hydrogen-bond acceptors (Lipinski definition) is 5. The summed E-state index contributed by atoms with van der Waals surface area (Å²) in [5, 5.41) is 11.9. The third-order valence-electron chi connectivity index (χ3n) is 2.89. The molecular weight excluding hydrogens is 254 g/mol. The maximum absolute atomic E-state index is 4.32. The lowest BCUT2D eigenvalue weighted by atomic mass is 10.2. The van der Waals surface area contributed by atoms with E-state index >= 15 is 0 Å². The van der Waals surface area contributed by atoms with Crippen LogP contribution in [0.5, 0.6) is 0 Å². The molecule has 0 spiro atoms. The minimum atomic E-state index is 0.421. The molecule has 0 bridgehead atoms. The number of aromatic nitrogens is 6. The molecule has 20 heavy (non-hydrogen) atoms. The van der Waals surface area contributed by atoms with Gasteiger partial charge in [0, 0.05) is 12.6 Å². The van der Waals surface area contributed by atoms with Gasteiger partial charge in [-0.15, -0.1) is 0 Å². The molecule has 0 aliphatic rings. The third kappa shape index (κ3) is 3.86. The van der Waals surface area contributed by atoms with Crippen LogP contribution >= 0.6 is 0 Å². The minimum absolute atomic E-state index is 0.421. The van der Waals surface area contributed by atoms with Crippen molar-refractivity contribution >= 4 is 0 Å². The highest BCUT2D eigenvalue weighted by atomic mass is 15.4. The second kappa shape index (κ2) is 6.60. The summed E-state index contributed by atoms with van der Waals surface area (Å²) in [7, 11) is 0. The van der Waals surface area contributed by atoms with Gasteiger partial charge in [0.05, 0.1) is 6.54 Å². The zero-order chi connectivity index (χ0) is 14.5. The first-order valence-electron chi connectivity index (χ1n) is 7.03. The molecule has 0 saturated carbocycles. The molecule has 0 radical (unpaired) electrons. The van der Waals surface area contributed by atoms with Gasteiger partial charge in [0.25, 0.3) is 0 Å². The number of nitrogens with one attached hydrogen (secondary N) is 1. The Hall–Kier alpha value is -1.76. The summed E-state index contributed by atoms with van der Waals surface area (Å²) < 4.78 is 3.81. The van der Waals surface area contributed by atoms with Gasteiger partial charge in [-0.1, -0.05) is 27.7 Å². The maximum Gasteiger partial charge on any atom is 0.148 e. The molecule has 0 fully saturated rings. The molecule has 7 heteroatoms. The quantitative estimate of drug-likeness (QED) is 0.819. The largest absolute Gasteiger partial charge is 0.308 e. The van der Waals surface area contributed by atoms with Gasteiger partial charge in [0.2, 0.25) is 0 Å². The number of hydrogen-bond donors (Lipinski definition) is 1. The summed E-state index contributed by atoms with van der Waals surface area (Å²) in [5.41, 5.74) is 0. The second-order valence-electron chi connectivity index (χ2n) is 5.62. The van der Waals surface area contributed by atoms with Crippen LogP contribution in [-0.4, -0.2) is 35.6 Å². The van der Waals surface area contributed by atoms with Gasteiger partial charge < -0.3 is 5.32 Å². The van der Waals surface area contributed by atoms with Crippen molar-refractivity contribution in [1.29, 1.82) is 0 Å². The Balaban J connectivity index is 2.07. The van der Waals surface area contributed by atoms with Gasteiger partial charge in [0.15, 0.2) is 0 Å². The molecule has 0 aliphatic heterocycles. The first-order valence-corrected chi connectivity index (χ1v) is 7.03. The highest BCUT2D eigenvalue weighted by Gasteiger charge is 2.11. The fraction of sp³-hybridized carbons (Fsp3) is 0.692. The molecular formula is C13H23N7. The topological polar surface area (TPSA) is 73.5 Å². The molecule has 0 aromatic carbocycles. The normalized spacial score (nSPS) is 11.7. The van der Waals surface area contributed by atoms with Crippen molar-refractivity contribution in [2.24, 2.45) is 5.92 Å². The van der Waals surface area contributed by atoms with Crippen molar-refractivity contribution in [3.8, 4) is 0 Å². The van der Waals surface area contributed by atoms with Crippen molar-refractivity contribution in [3.63, 3.8) is 0 Å². The summed E-state index contributed by atoms with van der Waals surface area (Å²) in [5.74, 6) is 2.36. The van der Waals surface area contributed by atoms with E-state index in [9.17, 15) is 0 Å². The summed E-state index contributed by atoms with van der Waals surface area (Å²) in [6.45, 7) is 10.7. The zero-order valence-corrected chi connectivity index (χ0v) is 12.6. The number of nitrogens with zero attached hydrogens (tertiary/aromatic N) is 6. The van der Waals surface area contributed by atoms with Crippen LogP contribution in [0.3, 0.4) is 0 Å². The molecule has 0 atom stereocenters. The molecule has 2 aromatic rings. The van der Waals surface area contributed by atoms with Crippen molar-refractivity contribution in [1.82, 2.24) is 34.8 Å². The van der Waals surface area contributed by atoms with Crippen LogP contribution in [-0.2, 0) is 19.6 Å². The van der Waals surface area contributed by atoms with Crippen LogP contribution in [0.25, 0.3) is 0 Å². The van der Waals surface area contributed by atoms with E-state index in [1.165, 1.54) is 0 Å². The standard InChI is InChI=1S/C13H23N7/c1-10(2)6-19-13(16-9-17-19)7-20-12(15-8-18-20)5-14-11(3)4/h8-11,14H,5-7H2,1-4H3. The van der Waals surface area contributed by atoms with E-state index in [0.717, 1.165) is 18.2 Å². The van der Waals surface area contributed by atoms with Gasteiger partial charge in [-0.05, 0) is 5.92 Å². The first-order chi connectivity index (χ1) is 9.56. The number of rotatable bonds is 7. The lowest BCUT2D eigenvalue weighted by Gasteiger charge is -2.11. The van der Waals surface area contributed by atoms with Crippen LogP contribution in [0.4, 0.5) is 0 Å². The summed E-state index contributed by atoms with van der Waals surface area (Å²) in [4.78, 5) is 8.61. The molecule has 0 unspecified atom stereocenters. The summed E-state index contributed by atoms with van der Waals surface area (Å²) in [6, 6.07) is 0.421. The average Bonchev–Trinajstić information content (AvgIpc) is 2.97. The lowest BCUT2D eigenvalue weighted by Crippen LogP contribution is -2.25. The molecule has 0 aliphatic carbocycles. The fourth-order valence-electron chi connectivity index (χ4n) is 1.90. The minimum Gasteiger partial charge on any atom is -0.308 e. The van der Waals surface area contributed by atoms with E-state index in [1.54, 1.807) is 12.7 Å². The Labute approximate surface area is 119 Å². The highest BCUT2D eigenvalue weighted by molar-refractivity contribution is 4.92. The first kappa shape index (κ1) is 14.6. The monoisotopic (exact) mass is 277 g/mol. The van der Waals surface area contributed by atoms with E-state index < -0.39 is 0 Å². The second-order valence-corrected chi connectivity index (χ2v) is 5.62. The molecule has 2 aromatic heterocycles. The van der Waals surface area contributed by atoms with Crippen LogP contribution in [0.2, 0.25) is 0 Å². The Morgan fingerprint density at radius 3 is 2.30 bits per heavy atom. The van der Waals surface area contributed by atoms with E-state index in [2.05, 4.69) is 53.2 Å². The van der Waals surface area contributed by atoms with Crippen LogP contribution in [0, 0.1) is 5.92 Å². The van der Waals surface area contributed by atoms with Gasteiger partial charge >= 0.3 is 0 Å². The van der Waals surface area contributed by atoms with Crippen molar-refractivity contribution in [2.45, 2.75) is 53.4 Å². The SMILES string of the molecule is CC(C)Cn1ncnc1Cn1ncnc1CNC(C)C. The zero-order valence-electron chi connectivity index (χ0n) is 12.6. The average molecular weight is 277 g/mol. The molecule has 0 amide bonds. The van der Waals surface area contributed by atoms with Crippen molar-refractivity contribution in [3.05, 3.63) is 24.3 Å². The van der Waals surface area contributed by atoms with Gasteiger partial charge in [-0.25, -0.2) is 19.3 Å². The smallest absolute Gasteiger partial charge is 0.148 e. The Kier molecular flexibility index (Phi) is 4.84. The van der Waals surface area contributed by atoms with E-state index in [0.29, 0.717) is 25.0 Å². The van der Waals surface area contributed by atoms with E-state index in [1.807, 2.05) is 9.36 Å². The maximum atomic E-state index is 4.32. The van der Waals surface area contributed by atoms with Crippen molar-refractivity contribution in [2.75, 3.05) is 0 Å². The van der Waals surface area contributed by atoms with Crippen molar-refractivity contribution < 1.29 is 0 Å². The molecule has 0 saturated heterocycles. The predicted octanol–water partition coefficient (Wildman–Crippen LogP) is 1.07. The summed E-state index contributed by atoms with van der Waals surface area (Å²) >= 11 is 0. The van der Waals surface area contributed by atoms with Gasteiger partial charge in [0.1, 0.15) is 30.8 Å². The summed E-state index contributed by atoms with van der Waals surface area (Å²) in [6.07, 6.45) is 3.18. The van der Waals surface area contributed by atoms with Gasteiger partial charge in [-0.2, -0.15) is 10.2 Å². The molecule has 110 valence electrons. The van der Waals surface area contributed by atoms with Crippen LogP contribution in [0.15, 0.2) is 12.7 Å². The molecule has 1 N–H and O–H groups in total. The highest BCUT2D eigenvalue weighted by Crippen LogP contribution is 2.04.